The number of nitrogens with one attached hydrogen (secondary N) is 2. The molecule has 0 bridgehead atoms. The third-order valence-corrected chi connectivity index (χ3v) is 8.81. The highest BCUT2D eigenvalue weighted by Gasteiger charge is 2.40. The second-order valence-corrected chi connectivity index (χ2v) is 11.4. The van der Waals surface area contributed by atoms with Gasteiger partial charge in [-0.2, -0.15) is 0 Å². The van der Waals surface area contributed by atoms with Gasteiger partial charge in [0.1, 0.15) is 0 Å². The molecule has 0 unspecified atom stereocenters. The summed E-state index contributed by atoms with van der Waals surface area (Å²) in [7, 11) is -3.01. The van der Waals surface area contributed by atoms with E-state index in [2.05, 4.69) is 17.4 Å². The van der Waals surface area contributed by atoms with Crippen molar-refractivity contribution in [2.75, 3.05) is 31.1 Å². The van der Waals surface area contributed by atoms with Gasteiger partial charge in [-0.05, 0) is 25.5 Å². The first-order valence-corrected chi connectivity index (χ1v) is 12.2. The van der Waals surface area contributed by atoms with Gasteiger partial charge in [0.15, 0.2) is 16.4 Å². The molecule has 2 aliphatic heterocycles. The van der Waals surface area contributed by atoms with Crippen LogP contribution in [0.25, 0.3) is 10.2 Å². The van der Waals surface area contributed by atoms with Gasteiger partial charge < -0.3 is 10.2 Å². The number of benzene rings is 1. The van der Waals surface area contributed by atoms with E-state index in [0.29, 0.717) is 18.9 Å². The molecule has 146 valence electrons. The first-order valence-electron chi connectivity index (χ1n) is 9.52. The Balaban J connectivity index is 1.30. The van der Waals surface area contributed by atoms with Crippen molar-refractivity contribution >= 4 is 37.3 Å². The van der Waals surface area contributed by atoms with Crippen LogP contribution in [-0.2, 0) is 14.6 Å². The number of amides is 1. The van der Waals surface area contributed by atoms with E-state index in [1.807, 2.05) is 19.1 Å². The monoisotopic (exact) mass is 408 g/mol. The van der Waals surface area contributed by atoms with E-state index in [4.69, 9.17) is 4.98 Å². The highest BCUT2D eigenvalue weighted by atomic mass is 32.2. The maximum absolute atomic E-state index is 12.4. The number of thiazole rings is 1. The Labute approximate surface area is 163 Å². The number of aromatic nitrogens is 1. The first-order chi connectivity index (χ1) is 12.8. The van der Waals surface area contributed by atoms with Gasteiger partial charge in [0.2, 0.25) is 0 Å². The summed E-state index contributed by atoms with van der Waals surface area (Å²) in [5.41, 5.74) is 0.473. The van der Waals surface area contributed by atoms with Crippen molar-refractivity contribution in [1.29, 1.82) is 0 Å². The van der Waals surface area contributed by atoms with Crippen molar-refractivity contribution in [1.82, 2.24) is 10.3 Å². The van der Waals surface area contributed by atoms with Crippen LogP contribution in [0.15, 0.2) is 24.3 Å². The number of rotatable bonds is 4. The number of hydrogen-bond donors (Lipinski definition) is 2. The van der Waals surface area contributed by atoms with Crippen LogP contribution in [0.4, 0.5) is 0 Å². The average molecular weight is 409 g/mol. The van der Waals surface area contributed by atoms with Crippen LogP contribution in [-0.4, -0.2) is 56.0 Å². The number of hydrogen-bond acceptors (Lipinski definition) is 5. The third-order valence-electron chi connectivity index (χ3n) is 5.71. The van der Waals surface area contributed by atoms with Crippen LogP contribution in [0.3, 0.4) is 0 Å². The molecule has 6 nitrogen and oxygen atoms in total. The highest BCUT2D eigenvalue weighted by Crippen LogP contribution is 2.31. The van der Waals surface area contributed by atoms with Crippen LogP contribution in [0.2, 0.25) is 0 Å². The quantitative estimate of drug-likeness (QED) is 0.783. The average Bonchev–Trinajstić information content (AvgIpc) is 3.15. The topological polar surface area (TPSA) is 80.6 Å². The number of carbonyl (C=O) groups excluding carboxylic acids is 1. The fraction of sp³-hybridized carbons (Fsp3) is 0.579. The molecule has 2 aromatic rings. The molecule has 0 saturated carbocycles. The Hall–Kier alpha value is -1.51. The summed E-state index contributed by atoms with van der Waals surface area (Å²) in [5.74, 6) is 0.667. The molecule has 1 amide bonds. The molecule has 2 aliphatic rings. The number of nitrogens with zero attached hydrogens (tertiary/aromatic N) is 1. The van der Waals surface area contributed by atoms with Crippen molar-refractivity contribution in [3.8, 4) is 0 Å². The molecule has 8 heteroatoms. The Kier molecular flexibility index (Phi) is 4.98. The van der Waals surface area contributed by atoms with E-state index < -0.39 is 15.4 Å². The fourth-order valence-corrected chi connectivity index (χ4v) is 7.46. The normalized spacial score (nSPS) is 30.4. The van der Waals surface area contributed by atoms with Crippen LogP contribution < -0.4 is 10.2 Å². The highest BCUT2D eigenvalue weighted by molar-refractivity contribution is 7.91. The molecule has 4 rings (SSSR count). The number of sulfone groups is 1. The van der Waals surface area contributed by atoms with Gasteiger partial charge >= 0.3 is 0 Å². The number of piperidine rings is 1. The Morgan fingerprint density at radius 2 is 2.07 bits per heavy atom. The minimum absolute atomic E-state index is 0.0389. The molecular weight excluding hydrogens is 382 g/mol. The second kappa shape index (κ2) is 7.14. The van der Waals surface area contributed by atoms with E-state index in [-0.39, 0.29) is 17.4 Å². The molecule has 2 fully saturated rings. The Morgan fingerprint density at radius 1 is 1.33 bits per heavy atom. The lowest BCUT2D eigenvalue weighted by Gasteiger charge is -2.29. The smallest absolute Gasteiger partial charge is 0.275 e. The maximum Gasteiger partial charge on any atom is 0.275 e. The minimum Gasteiger partial charge on any atom is -0.345 e. The molecule has 1 aromatic heterocycles. The molecule has 2 saturated heterocycles. The Morgan fingerprint density at radius 3 is 2.74 bits per heavy atom. The molecule has 3 heterocycles. The number of fused-ring (bicyclic) bond motifs is 1. The standard InChI is InChI=1S/C19H25N3O3S2/c1-19(8-11-27(24,25)13-19)21-17(23)12-22-9-6-14(7-10-22)18-20-15-4-2-3-5-16(15)26-18/h2-5,14H,6-13H2,1H3,(H,21,23)/p+1/t19-/m0/s1. The minimum atomic E-state index is -3.01. The largest absolute Gasteiger partial charge is 0.345 e. The molecule has 0 radical (unpaired) electrons. The van der Waals surface area contributed by atoms with Crippen LogP contribution in [0.5, 0.6) is 0 Å². The zero-order valence-corrected chi connectivity index (χ0v) is 17.2. The molecule has 1 aromatic carbocycles. The number of quaternary nitrogens is 1. The molecule has 0 aliphatic carbocycles. The maximum atomic E-state index is 12.4. The van der Waals surface area contributed by atoms with Gasteiger partial charge in [-0.15, -0.1) is 11.3 Å². The third kappa shape index (κ3) is 4.33. The van der Waals surface area contributed by atoms with E-state index in [9.17, 15) is 13.2 Å². The molecular formula is C19H26N3O3S2+. The van der Waals surface area contributed by atoms with E-state index in [1.165, 1.54) is 14.6 Å². The summed E-state index contributed by atoms with van der Waals surface area (Å²) in [5, 5.41) is 4.18. The SMILES string of the molecule is C[C@]1(NC(=O)C[NH+]2CCC(c3nc4ccccc4s3)CC2)CCS(=O)(=O)C1. The Bertz CT molecular complexity index is 915. The molecule has 2 N–H and O–H groups in total. The van der Waals surface area contributed by atoms with Crippen molar-refractivity contribution in [3.05, 3.63) is 29.3 Å². The molecule has 0 spiro atoms. The van der Waals surface area contributed by atoms with Crippen molar-refractivity contribution < 1.29 is 18.1 Å². The zero-order chi connectivity index (χ0) is 19.1. The van der Waals surface area contributed by atoms with Crippen molar-refractivity contribution in [2.24, 2.45) is 0 Å². The number of carbonyl (C=O) groups is 1. The molecule has 27 heavy (non-hydrogen) atoms. The summed E-state index contributed by atoms with van der Waals surface area (Å²) in [4.78, 5) is 18.5. The van der Waals surface area contributed by atoms with Gasteiger partial charge in [-0.25, -0.2) is 13.4 Å². The summed E-state index contributed by atoms with van der Waals surface area (Å²) in [6, 6.07) is 8.24. The lowest BCUT2D eigenvalue weighted by atomic mass is 9.97. The lowest BCUT2D eigenvalue weighted by molar-refractivity contribution is -0.897. The number of likely N-dealkylation sites (tertiary alicyclic amines) is 1. The van der Waals surface area contributed by atoms with E-state index in [0.717, 1.165) is 31.4 Å². The van der Waals surface area contributed by atoms with Gasteiger partial charge in [0.25, 0.3) is 5.91 Å². The van der Waals surface area contributed by atoms with Crippen LogP contribution in [0.1, 0.15) is 37.1 Å². The molecule has 1 atom stereocenters. The van der Waals surface area contributed by atoms with Gasteiger partial charge in [0.05, 0.1) is 45.4 Å². The predicted octanol–water partition coefficient (Wildman–Crippen LogP) is 0.752. The van der Waals surface area contributed by atoms with Crippen LogP contribution in [0, 0.1) is 0 Å². The number of para-hydroxylation sites is 1. The van der Waals surface area contributed by atoms with E-state index >= 15 is 0 Å². The summed E-state index contributed by atoms with van der Waals surface area (Å²) in [6.45, 7) is 4.15. The summed E-state index contributed by atoms with van der Waals surface area (Å²) < 4.78 is 24.6. The van der Waals surface area contributed by atoms with Gasteiger partial charge in [-0.3, -0.25) is 4.79 Å². The predicted molar refractivity (Wildman–Crippen MR) is 107 cm³/mol. The van der Waals surface area contributed by atoms with Gasteiger partial charge in [0, 0.05) is 18.8 Å². The second-order valence-electron chi connectivity index (χ2n) is 8.17. The summed E-state index contributed by atoms with van der Waals surface area (Å²) >= 11 is 1.78. The fourth-order valence-electron chi connectivity index (χ4n) is 4.23. The van der Waals surface area contributed by atoms with Crippen molar-refractivity contribution in [2.45, 2.75) is 37.6 Å². The first kappa shape index (κ1) is 18.8. The van der Waals surface area contributed by atoms with Crippen LogP contribution >= 0.6 is 11.3 Å². The zero-order valence-electron chi connectivity index (χ0n) is 15.5. The van der Waals surface area contributed by atoms with Gasteiger partial charge in [-0.1, -0.05) is 12.1 Å². The van der Waals surface area contributed by atoms with Crippen molar-refractivity contribution in [3.63, 3.8) is 0 Å². The van der Waals surface area contributed by atoms with E-state index in [1.54, 1.807) is 11.3 Å². The lowest BCUT2D eigenvalue weighted by Crippen LogP contribution is -3.14. The summed E-state index contributed by atoms with van der Waals surface area (Å²) in [6.07, 6.45) is 2.58.